The van der Waals surface area contributed by atoms with E-state index in [1.807, 2.05) is 60.7 Å². The fourth-order valence-electron chi connectivity index (χ4n) is 3.38. The third-order valence-corrected chi connectivity index (χ3v) is 4.85. The standard InChI is InChI=1S/C24H22N2O4/c1-27-19-12-11-16(22-23(19)26-18-8-6-5-7-17(18)25-22)10-9-15-13-20(28-2)24(30-4)21(14-15)29-3/h5-14H,1-4H3/b10-9-. The summed E-state index contributed by atoms with van der Waals surface area (Å²) in [6.45, 7) is 0. The lowest BCUT2D eigenvalue weighted by molar-refractivity contribution is 0.324. The van der Waals surface area contributed by atoms with Gasteiger partial charge in [0.2, 0.25) is 5.75 Å². The van der Waals surface area contributed by atoms with Gasteiger partial charge in [0.15, 0.2) is 11.5 Å². The minimum atomic E-state index is 0.560. The van der Waals surface area contributed by atoms with Crippen LogP contribution in [-0.2, 0) is 0 Å². The maximum Gasteiger partial charge on any atom is 0.203 e. The van der Waals surface area contributed by atoms with Gasteiger partial charge in [-0.25, -0.2) is 9.97 Å². The molecule has 0 unspecified atom stereocenters. The molecule has 0 atom stereocenters. The smallest absolute Gasteiger partial charge is 0.203 e. The van der Waals surface area contributed by atoms with E-state index in [0.717, 1.165) is 33.2 Å². The molecule has 0 fully saturated rings. The maximum absolute atomic E-state index is 5.51. The van der Waals surface area contributed by atoms with Crippen LogP contribution in [-0.4, -0.2) is 38.4 Å². The molecule has 1 aromatic heterocycles. The van der Waals surface area contributed by atoms with Gasteiger partial charge in [-0.1, -0.05) is 24.3 Å². The fourth-order valence-corrected chi connectivity index (χ4v) is 3.38. The molecule has 0 bridgehead atoms. The zero-order valence-electron chi connectivity index (χ0n) is 17.3. The van der Waals surface area contributed by atoms with E-state index in [0.29, 0.717) is 23.0 Å². The van der Waals surface area contributed by atoms with Crippen molar-refractivity contribution in [3.63, 3.8) is 0 Å². The summed E-state index contributed by atoms with van der Waals surface area (Å²) in [5, 5.41) is 0. The van der Waals surface area contributed by atoms with Crippen molar-refractivity contribution in [1.82, 2.24) is 9.97 Å². The van der Waals surface area contributed by atoms with Crippen LogP contribution in [0.3, 0.4) is 0 Å². The van der Waals surface area contributed by atoms with E-state index in [2.05, 4.69) is 0 Å². The van der Waals surface area contributed by atoms with Gasteiger partial charge in [0, 0.05) is 5.56 Å². The zero-order valence-corrected chi connectivity index (χ0v) is 17.3. The lowest BCUT2D eigenvalue weighted by Crippen LogP contribution is -1.95. The molecule has 0 radical (unpaired) electrons. The van der Waals surface area contributed by atoms with Crippen LogP contribution >= 0.6 is 0 Å². The molecular formula is C24H22N2O4. The predicted molar refractivity (Wildman–Crippen MR) is 119 cm³/mol. The van der Waals surface area contributed by atoms with Crippen molar-refractivity contribution in [3.05, 3.63) is 59.7 Å². The number of rotatable bonds is 6. The predicted octanol–water partition coefficient (Wildman–Crippen LogP) is 4.99. The van der Waals surface area contributed by atoms with Gasteiger partial charge >= 0.3 is 0 Å². The number of para-hydroxylation sites is 2. The van der Waals surface area contributed by atoms with Gasteiger partial charge in [0.05, 0.1) is 39.5 Å². The second-order valence-corrected chi connectivity index (χ2v) is 6.56. The summed E-state index contributed by atoms with van der Waals surface area (Å²) in [5.41, 5.74) is 5.00. The van der Waals surface area contributed by atoms with Gasteiger partial charge in [-0.2, -0.15) is 0 Å². The lowest BCUT2D eigenvalue weighted by Gasteiger charge is -2.13. The first-order valence-corrected chi connectivity index (χ1v) is 9.40. The average Bonchev–Trinajstić information content (AvgIpc) is 2.80. The summed E-state index contributed by atoms with van der Waals surface area (Å²) >= 11 is 0. The van der Waals surface area contributed by atoms with E-state index >= 15 is 0 Å². The Hall–Kier alpha value is -3.80. The summed E-state index contributed by atoms with van der Waals surface area (Å²) in [6.07, 6.45) is 3.97. The van der Waals surface area contributed by atoms with Crippen molar-refractivity contribution in [3.8, 4) is 23.0 Å². The molecule has 0 aliphatic rings. The normalized spacial score (nSPS) is 11.2. The number of fused-ring (bicyclic) bond motifs is 2. The zero-order chi connectivity index (χ0) is 21.1. The molecule has 6 nitrogen and oxygen atoms in total. The summed E-state index contributed by atoms with van der Waals surface area (Å²) in [6, 6.07) is 15.5. The third-order valence-electron chi connectivity index (χ3n) is 4.85. The Balaban J connectivity index is 1.84. The molecule has 0 N–H and O–H groups in total. The van der Waals surface area contributed by atoms with E-state index < -0.39 is 0 Å². The van der Waals surface area contributed by atoms with Crippen LogP contribution < -0.4 is 18.9 Å². The number of hydrogen-bond donors (Lipinski definition) is 0. The van der Waals surface area contributed by atoms with E-state index in [4.69, 9.17) is 28.9 Å². The Morgan fingerprint density at radius 3 is 1.80 bits per heavy atom. The Kier molecular flexibility index (Phi) is 5.39. The maximum atomic E-state index is 5.51. The summed E-state index contributed by atoms with van der Waals surface area (Å²) in [5.74, 6) is 2.45. The number of benzene rings is 3. The van der Waals surface area contributed by atoms with E-state index in [9.17, 15) is 0 Å². The first-order valence-electron chi connectivity index (χ1n) is 9.40. The van der Waals surface area contributed by atoms with Crippen molar-refractivity contribution in [1.29, 1.82) is 0 Å². The molecule has 30 heavy (non-hydrogen) atoms. The molecule has 0 aliphatic heterocycles. The van der Waals surface area contributed by atoms with Crippen molar-refractivity contribution >= 4 is 34.2 Å². The second kappa shape index (κ2) is 8.29. The molecule has 6 heteroatoms. The quantitative estimate of drug-likeness (QED) is 0.335. The molecule has 0 saturated heterocycles. The molecule has 4 rings (SSSR count). The Bertz CT molecular complexity index is 1230. The molecule has 0 aliphatic carbocycles. The van der Waals surface area contributed by atoms with Crippen molar-refractivity contribution < 1.29 is 18.9 Å². The SMILES string of the molecule is COc1cc(/C=C\c2ccc(OC)c3nc4ccccc4nc23)cc(OC)c1OC. The minimum Gasteiger partial charge on any atom is -0.494 e. The highest BCUT2D eigenvalue weighted by Crippen LogP contribution is 2.39. The molecule has 1 heterocycles. The first-order chi connectivity index (χ1) is 14.7. The Labute approximate surface area is 174 Å². The molecule has 3 aromatic carbocycles. The van der Waals surface area contributed by atoms with E-state index in [1.54, 1.807) is 28.4 Å². The van der Waals surface area contributed by atoms with Crippen molar-refractivity contribution in [2.24, 2.45) is 0 Å². The summed E-state index contributed by atoms with van der Waals surface area (Å²) in [7, 11) is 6.42. The monoisotopic (exact) mass is 402 g/mol. The van der Waals surface area contributed by atoms with E-state index in [1.165, 1.54) is 0 Å². The molecule has 4 aromatic rings. The highest BCUT2D eigenvalue weighted by atomic mass is 16.5. The summed E-state index contributed by atoms with van der Waals surface area (Å²) < 4.78 is 21.8. The number of aromatic nitrogens is 2. The third kappa shape index (κ3) is 3.48. The number of nitrogens with zero attached hydrogens (tertiary/aromatic N) is 2. The van der Waals surface area contributed by atoms with Gasteiger partial charge in [-0.05, 0) is 42.0 Å². The van der Waals surface area contributed by atoms with Crippen LogP contribution in [0, 0.1) is 0 Å². The second-order valence-electron chi connectivity index (χ2n) is 6.56. The molecule has 152 valence electrons. The van der Waals surface area contributed by atoms with Gasteiger partial charge in [0.25, 0.3) is 0 Å². The average molecular weight is 402 g/mol. The van der Waals surface area contributed by atoms with Crippen LogP contribution in [0.15, 0.2) is 48.5 Å². The molecular weight excluding hydrogens is 380 g/mol. The molecule has 0 amide bonds. The van der Waals surface area contributed by atoms with Crippen molar-refractivity contribution in [2.45, 2.75) is 0 Å². The Morgan fingerprint density at radius 2 is 1.23 bits per heavy atom. The topological polar surface area (TPSA) is 62.7 Å². The van der Waals surface area contributed by atoms with Crippen molar-refractivity contribution in [2.75, 3.05) is 28.4 Å². The van der Waals surface area contributed by atoms with E-state index in [-0.39, 0.29) is 0 Å². The van der Waals surface area contributed by atoms with Crippen LogP contribution in [0.4, 0.5) is 0 Å². The summed E-state index contributed by atoms with van der Waals surface area (Å²) in [4.78, 5) is 9.59. The number of hydrogen-bond acceptors (Lipinski definition) is 6. The van der Waals surface area contributed by atoms with Gasteiger partial charge in [0.1, 0.15) is 16.8 Å². The van der Waals surface area contributed by atoms with Crippen LogP contribution in [0.5, 0.6) is 23.0 Å². The van der Waals surface area contributed by atoms with Gasteiger partial charge < -0.3 is 18.9 Å². The fraction of sp³-hybridized carbons (Fsp3) is 0.167. The lowest BCUT2D eigenvalue weighted by atomic mass is 10.1. The van der Waals surface area contributed by atoms with Crippen LogP contribution in [0.2, 0.25) is 0 Å². The highest BCUT2D eigenvalue weighted by Gasteiger charge is 2.13. The number of methoxy groups -OCH3 is 4. The van der Waals surface area contributed by atoms with Gasteiger partial charge in [-0.3, -0.25) is 0 Å². The Morgan fingerprint density at radius 1 is 0.633 bits per heavy atom. The minimum absolute atomic E-state index is 0.560. The van der Waals surface area contributed by atoms with Crippen LogP contribution in [0.25, 0.3) is 34.2 Å². The largest absolute Gasteiger partial charge is 0.494 e. The molecule has 0 saturated carbocycles. The van der Waals surface area contributed by atoms with Gasteiger partial charge in [-0.15, -0.1) is 0 Å². The highest BCUT2D eigenvalue weighted by molar-refractivity contribution is 5.96. The molecule has 0 spiro atoms. The first kappa shape index (κ1) is 19.5. The number of ether oxygens (including phenoxy) is 4. The van der Waals surface area contributed by atoms with Crippen LogP contribution in [0.1, 0.15) is 11.1 Å².